The van der Waals surface area contributed by atoms with Gasteiger partial charge in [-0.05, 0) is 36.8 Å². The Hall–Kier alpha value is -2.05. The summed E-state index contributed by atoms with van der Waals surface area (Å²) in [6.07, 6.45) is -1.09. The van der Waals surface area contributed by atoms with E-state index in [1.165, 1.54) is 16.7 Å². The average molecular weight is 544 g/mol. The second kappa shape index (κ2) is 13.3. The highest BCUT2D eigenvalue weighted by Gasteiger charge is 2.37. The number of carbonyl (C=O) groups excluding carboxylic acids is 2. The molecule has 2 aromatic carbocycles. The number of hydroxylamine groups is 1. The molecule has 1 aliphatic rings. The van der Waals surface area contributed by atoms with Crippen molar-refractivity contribution in [2.24, 2.45) is 0 Å². The Bertz CT molecular complexity index is 993. The van der Waals surface area contributed by atoms with Gasteiger partial charge < -0.3 is 19.9 Å². The number of nitrogens with zero attached hydrogens (tertiary/aromatic N) is 1. The van der Waals surface area contributed by atoms with Gasteiger partial charge in [-0.15, -0.1) is 11.8 Å². The summed E-state index contributed by atoms with van der Waals surface area (Å²) in [5.41, 5.74) is 3.01. The van der Waals surface area contributed by atoms with Crippen molar-refractivity contribution in [3.8, 4) is 5.75 Å². The molecule has 0 aliphatic carbocycles. The average Bonchev–Trinajstić information content (AvgIpc) is 3.34. The van der Waals surface area contributed by atoms with Crippen molar-refractivity contribution in [2.45, 2.75) is 38.4 Å². The van der Waals surface area contributed by atoms with Crippen LogP contribution in [0.25, 0.3) is 0 Å². The number of ether oxygens (including phenoxy) is 2. The van der Waals surface area contributed by atoms with E-state index in [0.29, 0.717) is 33.0 Å². The zero-order valence-corrected chi connectivity index (χ0v) is 21.3. The van der Waals surface area contributed by atoms with Gasteiger partial charge in [0.25, 0.3) is 5.91 Å². The van der Waals surface area contributed by atoms with Crippen molar-refractivity contribution >= 4 is 46.8 Å². The zero-order chi connectivity index (χ0) is 25.4. The summed E-state index contributed by atoms with van der Waals surface area (Å²) >= 11 is 13.8. The maximum atomic E-state index is 12.9. The van der Waals surface area contributed by atoms with Crippen molar-refractivity contribution in [1.82, 2.24) is 15.7 Å². The van der Waals surface area contributed by atoms with Gasteiger partial charge in [-0.2, -0.15) is 0 Å². The normalized spacial score (nSPS) is 17.6. The minimum atomic E-state index is -1.22. The lowest BCUT2D eigenvalue weighted by Crippen LogP contribution is -2.55. The van der Waals surface area contributed by atoms with Gasteiger partial charge >= 0.3 is 0 Å². The number of halogens is 2. The fourth-order valence-electron chi connectivity index (χ4n) is 3.48. The number of hydrogen-bond acceptors (Lipinski definition) is 8. The third-order valence-corrected chi connectivity index (χ3v) is 7.11. The molecule has 1 heterocycles. The molecule has 0 radical (unpaired) electrons. The Morgan fingerprint density at radius 3 is 2.51 bits per heavy atom. The van der Waals surface area contributed by atoms with Crippen LogP contribution in [0.1, 0.15) is 18.1 Å². The number of aliphatic hydroxyl groups is 1. The number of thioether (sulfide) groups is 1. The van der Waals surface area contributed by atoms with Crippen LogP contribution in [0, 0.1) is 0 Å². The van der Waals surface area contributed by atoms with Crippen LogP contribution in [0.4, 0.5) is 0 Å². The molecule has 4 N–H and O–H groups in total. The standard InChI is InChI=1S/C23H27Cl2N3O6S/c1-2-33-23(31)28-13-35-12-20(28)22(30)26-19(21(29)27-32)10-14-6-8-15(9-7-14)34-11-16-17(24)4-3-5-18(16)25/h3-9,19-20,23,31-32H,2,10-13H2,1H3,(H,26,30)(H,27,29)/t19-,20?,23?/m0/s1. The molecule has 0 saturated carbocycles. The van der Waals surface area contributed by atoms with E-state index in [-0.39, 0.29) is 19.6 Å². The van der Waals surface area contributed by atoms with E-state index in [0.717, 1.165) is 5.56 Å². The number of carbonyl (C=O) groups is 2. The smallest absolute Gasteiger partial charge is 0.266 e. The van der Waals surface area contributed by atoms with E-state index < -0.39 is 30.3 Å². The van der Waals surface area contributed by atoms with Crippen LogP contribution in [0.5, 0.6) is 5.75 Å². The number of nitrogens with one attached hydrogen (secondary N) is 2. The van der Waals surface area contributed by atoms with Gasteiger partial charge in [0.05, 0.1) is 5.88 Å². The maximum absolute atomic E-state index is 12.9. The third-order valence-electron chi connectivity index (χ3n) is 5.37. The van der Waals surface area contributed by atoms with Gasteiger partial charge in [-0.1, -0.05) is 41.4 Å². The Morgan fingerprint density at radius 1 is 1.20 bits per heavy atom. The molecule has 9 nitrogen and oxygen atoms in total. The van der Waals surface area contributed by atoms with Gasteiger partial charge in [0, 0.05) is 34.4 Å². The SMILES string of the molecule is CCOC(O)N1CSCC1C(=O)N[C@@H](Cc1ccc(OCc2c(Cl)cccc2Cl)cc1)C(=O)NO. The minimum absolute atomic E-state index is 0.128. The van der Waals surface area contributed by atoms with Gasteiger partial charge in [0.1, 0.15) is 24.4 Å². The van der Waals surface area contributed by atoms with Crippen molar-refractivity contribution in [3.63, 3.8) is 0 Å². The monoisotopic (exact) mass is 543 g/mol. The lowest BCUT2D eigenvalue weighted by molar-refractivity contribution is -0.194. The Balaban J connectivity index is 1.62. The predicted molar refractivity (Wildman–Crippen MR) is 133 cm³/mol. The molecule has 1 saturated heterocycles. The molecule has 2 amide bonds. The molecule has 1 aliphatic heterocycles. The first-order valence-electron chi connectivity index (χ1n) is 10.9. The molecular formula is C23H27Cl2N3O6S. The quantitative estimate of drug-likeness (QED) is 0.194. The van der Waals surface area contributed by atoms with Crippen LogP contribution in [0.15, 0.2) is 42.5 Å². The summed E-state index contributed by atoms with van der Waals surface area (Å²) in [5.74, 6) is 0.219. The van der Waals surface area contributed by atoms with Crippen LogP contribution in [-0.2, 0) is 27.4 Å². The van der Waals surface area contributed by atoms with E-state index in [4.69, 9.17) is 32.7 Å². The number of benzene rings is 2. The predicted octanol–water partition coefficient (Wildman–Crippen LogP) is 2.79. The Morgan fingerprint density at radius 2 is 1.89 bits per heavy atom. The number of amides is 2. The Labute approximate surface area is 217 Å². The highest BCUT2D eigenvalue weighted by atomic mass is 35.5. The second-order valence-electron chi connectivity index (χ2n) is 7.69. The van der Waals surface area contributed by atoms with E-state index in [1.807, 2.05) is 0 Å². The fraction of sp³-hybridized carbons (Fsp3) is 0.391. The highest BCUT2D eigenvalue weighted by molar-refractivity contribution is 7.99. The molecule has 0 spiro atoms. The minimum Gasteiger partial charge on any atom is -0.489 e. The van der Waals surface area contributed by atoms with Crippen LogP contribution in [-0.4, -0.2) is 63.8 Å². The molecule has 190 valence electrons. The molecule has 2 aromatic rings. The first-order chi connectivity index (χ1) is 16.8. The first kappa shape index (κ1) is 27.5. The van der Waals surface area contributed by atoms with Crippen LogP contribution < -0.4 is 15.5 Å². The highest BCUT2D eigenvalue weighted by Crippen LogP contribution is 2.26. The van der Waals surface area contributed by atoms with Gasteiger partial charge in [0.2, 0.25) is 12.3 Å². The largest absolute Gasteiger partial charge is 0.489 e. The summed E-state index contributed by atoms with van der Waals surface area (Å²) in [4.78, 5) is 26.6. The summed E-state index contributed by atoms with van der Waals surface area (Å²) < 4.78 is 11.0. The summed E-state index contributed by atoms with van der Waals surface area (Å²) in [6.45, 7) is 2.22. The van der Waals surface area contributed by atoms with Crippen molar-refractivity contribution in [2.75, 3.05) is 18.2 Å². The molecule has 2 unspecified atom stereocenters. The third kappa shape index (κ3) is 7.47. The molecule has 3 rings (SSSR count). The number of rotatable bonds is 11. The molecular weight excluding hydrogens is 517 g/mol. The fourth-order valence-corrected chi connectivity index (χ4v) is 5.18. The molecule has 3 atom stereocenters. The van der Waals surface area contributed by atoms with Crippen LogP contribution in [0.2, 0.25) is 10.0 Å². The second-order valence-corrected chi connectivity index (χ2v) is 9.50. The van der Waals surface area contributed by atoms with Gasteiger partial charge in [-0.25, -0.2) is 10.4 Å². The van der Waals surface area contributed by atoms with Crippen molar-refractivity contribution in [1.29, 1.82) is 0 Å². The van der Waals surface area contributed by atoms with E-state index >= 15 is 0 Å². The number of aliphatic hydroxyl groups excluding tert-OH is 1. The summed E-state index contributed by atoms with van der Waals surface area (Å²) in [6, 6.07) is 10.5. The molecule has 12 heteroatoms. The first-order valence-corrected chi connectivity index (χ1v) is 12.8. The Kier molecular flexibility index (Phi) is 10.5. The van der Waals surface area contributed by atoms with Gasteiger partial charge in [0.15, 0.2) is 0 Å². The molecule has 1 fully saturated rings. The summed E-state index contributed by atoms with van der Waals surface area (Å²) in [5, 5.41) is 23.0. The van der Waals surface area contributed by atoms with E-state index in [1.54, 1.807) is 54.9 Å². The number of hydrogen-bond donors (Lipinski definition) is 4. The van der Waals surface area contributed by atoms with Crippen molar-refractivity contribution < 1.29 is 29.4 Å². The van der Waals surface area contributed by atoms with Crippen molar-refractivity contribution in [3.05, 3.63) is 63.6 Å². The van der Waals surface area contributed by atoms with E-state index in [9.17, 15) is 19.9 Å². The molecule has 0 aromatic heterocycles. The van der Waals surface area contributed by atoms with Crippen LogP contribution in [0.3, 0.4) is 0 Å². The lowest BCUT2D eigenvalue weighted by Gasteiger charge is -2.28. The van der Waals surface area contributed by atoms with Gasteiger partial charge in [-0.3, -0.25) is 14.8 Å². The molecule has 0 bridgehead atoms. The summed E-state index contributed by atoms with van der Waals surface area (Å²) in [7, 11) is 0. The lowest BCUT2D eigenvalue weighted by atomic mass is 10.0. The topological polar surface area (TPSA) is 120 Å². The molecule has 35 heavy (non-hydrogen) atoms. The van der Waals surface area contributed by atoms with Crippen LogP contribution >= 0.6 is 35.0 Å². The maximum Gasteiger partial charge on any atom is 0.266 e. The van der Waals surface area contributed by atoms with E-state index in [2.05, 4.69) is 5.32 Å². The zero-order valence-electron chi connectivity index (χ0n) is 18.9.